The van der Waals surface area contributed by atoms with Crippen molar-refractivity contribution in [3.05, 3.63) is 58.3 Å². The van der Waals surface area contributed by atoms with Gasteiger partial charge in [-0.05, 0) is 36.8 Å². The fourth-order valence-electron chi connectivity index (χ4n) is 3.33. The highest BCUT2D eigenvalue weighted by atomic mass is 32.1. The molecule has 3 rings (SSSR count). The molecular formula is C18H21NOS. The molecule has 2 aromatic rings. The molecule has 0 radical (unpaired) electrons. The molecule has 1 aromatic carbocycles. The lowest BCUT2D eigenvalue weighted by atomic mass is 9.78. The number of nitrogens with one attached hydrogen (secondary N) is 1. The van der Waals surface area contributed by atoms with E-state index >= 15 is 0 Å². The molecule has 1 unspecified atom stereocenters. The standard InChI is InChI=1S/C18H21NOS/c1-14(16-10-7-13-21-16)19-17(20)18(11-5-6-12-18)15-8-3-2-4-9-15/h2-4,7-10,13-14H,5-6,11-12H2,1H3,(H,19,20). The van der Waals surface area contributed by atoms with Crippen LogP contribution in [0, 0.1) is 0 Å². The summed E-state index contributed by atoms with van der Waals surface area (Å²) < 4.78 is 0. The van der Waals surface area contributed by atoms with E-state index in [1.54, 1.807) is 11.3 Å². The van der Waals surface area contributed by atoms with Crippen LogP contribution in [-0.4, -0.2) is 5.91 Å². The summed E-state index contributed by atoms with van der Waals surface area (Å²) >= 11 is 1.70. The van der Waals surface area contributed by atoms with Gasteiger partial charge in [0.05, 0.1) is 11.5 Å². The average Bonchev–Trinajstić information content (AvgIpc) is 3.20. The molecule has 1 saturated carbocycles. The third-order valence-corrected chi connectivity index (χ3v) is 5.59. The molecule has 1 amide bonds. The van der Waals surface area contributed by atoms with Crippen molar-refractivity contribution in [3.63, 3.8) is 0 Å². The van der Waals surface area contributed by atoms with Crippen molar-refractivity contribution in [2.75, 3.05) is 0 Å². The van der Waals surface area contributed by atoms with Crippen LogP contribution in [0.25, 0.3) is 0 Å². The van der Waals surface area contributed by atoms with E-state index < -0.39 is 0 Å². The highest BCUT2D eigenvalue weighted by Crippen LogP contribution is 2.41. The number of benzene rings is 1. The van der Waals surface area contributed by atoms with Crippen LogP contribution in [0.1, 0.15) is 49.1 Å². The van der Waals surface area contributed by atoms with Crippen LogP contribution in [0.15, 0.2) is 47.8 Å². The number of hydrogen-bond acceptors (Lipinski definition) is 2. The largest absolute Gasteiger partial charge is 0.348 e. The molecule has 1 aliphatic carbocycles. The number of carbonyl (C=O) groups excluding carboxylic acids is 1. The van der Waals surface area contributed by atoms with Crippen molar-refractivity contribution < 1.29 is 4.79 Å². The number of hydrogen-bond donors (Lipinski definition) is 1. The minimum Gasteiger partial charge on any atom is -0.348 e. The maximum atomic E-state index is 13.0. The molecule has 0 aliphatic heterocycles. The van der Waals surface area contributed by atoms with Crippen LogP contribution in [0.2, 0.25) is 0 Å². The van der Waals surface area contributed by atoms with Gasteiger partial charge in [-0.15, -0.1) is 11.3 Å². The predicted octanol–water partition coefficient (Wildman–Crippen LogP) is 4.44. The summed E-state index contributed by atoms with van der Waals surface area (Å²) in [4.78, 5) is 14.2. The first-order chi connectivity index (χ1) is 10.2. The minimum absolute atomic E-state index is 0.0821. The normalized spacial score (nSPS) is 18.3. The van der Waals surface area contributed by atoms with Crippen molar-refractivity contribution in [3.8, 4) is 0 Å². The first-order valence-electron chi connectivity index (χ1n) is 7.62. The average molecular weight is 299 g/mol. The van der Waals surface area contributed by atoms with Gasteiger partial charge in [-0.3, -0.25) is 4.79 Å². The van der Waals surface area contributed by atoms with Gasteiger partial charge in [-0.1, -0.05) is 49.2 Å². The molecule has 0 saturated heterocycles. The van der Waals surface area contributed by atoms with Crippen LogP contribution in [0.4, 0.5) is 0 Å². The molecule has 1 N–H and O–H groups in total. The van der Waals surface area contributed by atoms with Gasteiger partial charge in [0.25, 0.3) is 0 Å². The quantitative estimate of drug-likeness (QED) is 0.888. The number of carbonyl (C=O) groups is 1. The molecule has 0 spiro atoms. The number of rotatable bonds is 4. The molecule has 110 valence electrons. The highest BCUT2D eigenvalue weighted by molar-refractivity contribution is 7.10. The Labute approximate surface area is 130 Å². The van der Waals surface area contributed by atoms with Gasteiger partial charge in [0, 0.05) is 4.88 Å². The molecule has 1 aliphatic rings. The van der Waals surface area contributed by atoms with Crippen molar-refractivity contribution in [1.29, 1.82) is 0 Å². The summed E-state index contributed by atoms with van der Waals surface area (Å²) in [6, 6.07) is 14.5. The van der Waals surface area contributed by atoms with E-state index in [2.05, 4.69) is 35.8 Å². The van der Waals surface area contributed by atoms with Gasteiger partial charge < -0.3 is 5.32 Å². The Morgan fingerprint density at radius 3 is 2.48 bits per heavy atom. The van der Waals surface area contributed by atoms with Crippen molar-refractivity contribution in [2.45, 2.75) is 44.1 Å². The molecule has 1 atom stereocenters. The van der Waals surface area contributed by atoms with Gasteiger partial charge in [0.15, 0.2) is 0 Å². The maximum Gasteiger partial charge on any atom is 0.231 e. The zero-order valence-corrected chi connectivity index (χ0v) is 13.2. The molecule has 2 nitrogen and oxygen atoms in total. The van der Waals surface area contributed by atoms with Gasteiger partial charge in [0.1, 0.15) is 0 Å². The topological polar surface area (TPSA) is 29.1 Å². The second kappa shape index (κ2) is 6.02. The fourth-order valence-corrected chi connectivity index (χ4v) is 4.06. The van der Waals surface area contributed by atoms with Crippen LogP contribution < -0.4 is 5.32 Å². The van der Waals surface area contributed by atoms with Crippen LogP contribution in [-0.2, 0) is 10.2 Å². The van der Waals surface area contributed by atoms with Gasteiger partial charge >= 0.3 is 0 Å². The Bertz CT molecular complexity index is 585. The minimum atomic E-state index is -0.327. The Kier molecular flexibility index (Phi) is 4.11. The molecule has 3 heteroatoms. The zero-order chi connectivity index (χ0) is 14.7. The fraction of sp³-hybridized carbons (Fsp3) is 0.389. The summed E-state index contributed by atoms with van der Waals surface area (Å²) in [5.74, 6) is 0.187. The van der Waals surface area contributed by atoms with E-state index in [9.17, 15) is 4.79 Å². The Hall–Kier alpha value is -1.61. The summed E-state index contributed by atoms with van der Waals surface area (Å²) in [5.41, 5.74) is 0.839. The van der Waals surface area contributed by atoms with E-state index in [4.69, 9.17) is 0 Å². The first-order valence-corrected chi connectivity index (χ1v) is 8.50. The lowest BCUT2D eigenvalue weighted by Gasteiger charge is -2.30. The lowest BCUT2D eigenvalue weighted by Crippen LogP contribution is -2.43. The summed E-state index contributed by atoms with van der Waals surface area (Å²) in [7, 11) is 0. The SMILES string of the molecule is CC(NC(=O)C1(c2ccccc2)CCCC1)c1cccs1. The highest BCUT2D eigenvalue weighted by Gasteiger charge is 2.42. The third-order valence-electron chi connectivity index (χ3n) is 4.54. The van der Waals surface area contributed by atoms with Crippen molar-refractivity contribution in [1.82, 2.24) is 5.32 Å². The second-order valence-corrected chi connectivity index (χ2v) is 6.85. The van der Waals surface area contributed by atoms with Crippen LogP contribution in [0.3, 0.4) is 0 Å². The molecule has 0 bridgehead atoms. The van der Waals surface area contributed by atoms with Crippen molar-refractivity contribution in [2.24, 2.45) is 0 Å². The van der Waals surface area contributed by atoms with E-state index in [1.165, 1.54) is 10.4 Å². The molecular weight excluding hydrogens is 278 g/mol. The maximum absolute atomic E-state index is 13.0. The first kappa shape index (κ1) is 14.3. The monoisotopic (exact) mass is 299 g/mol. The van der Waals surface area contributed by atoms with E-state index in [1.807, 2.05) is 24.3 Å². The smallest absolute Gasteiger partial charge is 0.231 e. The Morgan fingerprint density at radius 1 is 1.14 bits per heavy atom. The van der Waals surface area contributed by atoms with Crippen molar-refractivity contribution >= 4 is 17.2 Å². The third kappa shape index (κ3) is 2.75. The van der Waals surface area contributed by atoms with E-state index in [0.29, 0.717) is 0 Å². The molecule has 21 heavy (non-hydrogen) atoms. The summed E-state index contributed by atoms with van der Waals surface area (Å²) in [6.45, 7) is 2.07. The Balaban J connectivity index is 1.83. The molecule has 1 heterocycles. The van der Waals surface area contributed by atoms with E-state index in [0.717, 1.165) is 25.7 Å². The summed E-state index contributed by atoms with van der Waals surface area (Å²) in [5, 5.41) is 5.29. The summed E-state index contributed by atoms with van der Waals surface area (Å²) in [6.07, 6.45) is 4.19. The second-order valence-electron chi connectivity index (χ2n) is 5.87. The molecule has 1 fully saturated rings. The van der Waals surface area contributed by atoms with Crippen LogP contribution >= 0.6 is 11.3 Å². The number of thiophene rings is 1. The zero-order valence-electron chi connectivity index (χ0n) is 12.3. The Morgan fingerprint density at radius 2 is 1.86 bits per heavy atom. The van der Waals surface area contributed by atoms with Gasteiger partial charge in [0.2, 0.25) is 5.91 Å². The van der Waals surface area contributed by atoms with Crippen LogP contribution in [0.5, 0.6) is 0 Å². The van der Waals surface area contributed by atoms with Gasteiger partial charge in [-0.2, -0.15) is 0 Å². The molecule has 1 aromatic heterocycles. The lowest BCUT2D eigenvalue weighted by molar-refractivity contribution is -0.127. The van der Waals surface area contributed by atoms with E-state index in [-0.39, 0.29) is 17.4 Å². The predicted molar refractivity (Wildman–Crippen MR) is 87.5 cm³/mol. The van der Waals surface area contributed by atoms with Gasteiger partial charge in [-0.25, -0.2) is 0 Å². The number of amides is 1.